The van der Waals surface area contributed by atoms with E-state index in [9.17, 15) is 13.6 Å². The van der Waals surface area contributed by atoms with Gasteiger partial charge in [-0.2, -0.15) is 0 Å². The van der Waals surface area contributed by atoms with Crippen molar-refractivity contribution in [3.63, 3.8) is 0 Å². The molecule has 1 aromatic carbocycles. The molecule has 3 atom stereocenters. The minimum atomic E-state index is -0.977. The van der Waals surface area contributed by atoms with Crippen molar-refractivity contribution in [2.24, 2.45) is 11.8 Å². The minimum absolute atomic E-state index is 0.0867. The van der Waals surface area contributed by atoms with E-state index in [1.54, 1.807) is 0 Å². The molecule has 0 bridgehead atoms. The van der Waals surface area contributed by atoms with Crippen molar-refractivity contribution in [1.82, 2.24) is 0 Å². The molecule has 0 amide bonds. The van der Waals surface area contributed by atoms with Crippen molar-refractivity contribution in [3.05, 3.63) is 29.3 Å². The van der Waals surface area contributed by atoms with Crippen LogP contribution < -0.4 is 4.74 Å². The van der Waals surface area contributed by atoms with Gasteiger partial charge in [0.1, 0.15) is 5.82 Å². The smallest absolute Gasteiger partial charge is 0.307 e. The fourth-order valence-corrected chi connectivity index (χ4v) is 2.50. The lowest BCUT2D eigenvalue weighted by molar-refractivity contribution is -0.139. The first kappa shape index (κ1) is 9.57. The lowest BCUT2D eigenvalue weighted by Crippen LogP contribution is -2.11. The highest BCUT2D eigenvalue weighted by molar-refractivity contribution is 5.77. The molecule has 16 heavy (non-hydrogen) atoms. The van der Waals surface area contributed by atoms with Gasteiger partial charge in [-0.3, -0.25) is 4.79 Å². The summed E-state index contributed by atoms with van der Waals surface area (Å²) >= 11 is 0. The highest BCUT2D eigenvalue weighted by Crippen LogP contribution is 2.60. The Hall–Kier alpha value is -1.65. The number of aliphatic carboxylic acids is 1. The number of hydrogen-bond acceptors (Lipinski definition) is 2. The Bertz CT molecular complexity index is 486. The Morgan fingerprint density at radius 2 is 2.06 bits per heavy atom. The van der Waals surface area contributed by atoms with Gasteiger partial charge in [0.15, 0.2) is 11.6 Å². The highest BCUT2D eigenvalue weighted by atomic mass is 19.1. The van der Waals surface area contributed by atoms with E-state index in [-0.39, 0.29) is 23.8 Å². The van der Waals surface area contributed by atoms with Gasteiger partial charge in [-0.15, -0.1) is 0 Å². The summed E-state index contributed by atoms with van der Waals surface area (Å²) in [5.41, 5.74) is 0.0867. The molecule has 0 spiro atoms. The van der Waals surface area contributed by atoms with Gasteiger partial charge in [-0.05, 0) is 12.1 Å². The van der Waals surface area contributed by atoms with Crippen LogP contribution >= 0.6 is 0 Å². The maximum Gasteiger partial charge on any atom is 0.307 e. The number of fused-ring (bicyclic) bond motifs is 3. The normalized spacial score (nSPS) is 30.0. The lowest BCUT2D eigenvalue weighted by atomic mass is 10.0. The molecule has 0 radical (unpaired) electrons. The molecule has 1 aliphatic carbocycles. The van der Waals surface area contributed by atoms with Gasteiger partial charge in [0, 0.05) is 17.4 Å². The standard InChI is InChI=1S/C11H8F2O3/c12-5-1-2-6(13)10-9(5)7-4(3-16-10)8(7)11(14)15/h1-2,4,7-8H,3H2,(H,14,15)/t4-,7-,8-/m1/s1. The average molecular weight is 226 g/mol. The molecule has 3 rings (SSSR count). The molecule has 0 aromatic heterocycles. The topological polar surface area (TPSA) is 46.5 Å². The van der Waals surface area contributed by atoms with Crippen molar-refractivity contribution >= 4 is 5.97 Å². The van der Waals surface area contributed by atoms with Gasteiger partial charge in [0.2, 0.25) is 0 Å². The second kappa shape index (κ2) is 2.93. The molecule has 1 N–H and O–H groups in total. The Labute approximate surface area is 89.6 Å². The van der Waals surface area contributed by atoms with E-state index in [0.717, 1.165) is 12.1 Å². The quantitative estimate of drug-likeness (QED) is 0.793. The summed E-state index contributed by atoms with van der Waals surface area (Å²) in [7, 11) is 0. The van der Waals surface area contributed by atoms with Crippen molar-refractivity contribution in [2.75, 3.05) is 6.61 Å². The van der Waals surface area contributed by atoms with Crippen LogP contribution in [-0.4, -0.2) is 17.7 Å². The van der Waals surface area contributed by atoms with Gasteiger partial charge in [-0.25, -0.2) is 8.78 Å². The zero-order valence-corrected chi connectivity index (χ0v) is 8.11. The summed E-state index contributed by atoms with van der Waals surface area (Å²) in [5, 5.41) is 8.90. The second-order valence-electron chi connectivity index (χ2n) is 4.14. The van der Waals surface area contributed by atoms with Crippen LogP contribution in [0, 0.1) is 23.5 Å². The summed E-state index contributed by atoms with van der Waals surface area (Å²) in [4.78, 5) is 10.9. The van der Waals surface area contributed by atoms with Crippen molar-refractivity contribution in [3.8, 4) is 5.75 Å². The second-order valence-corrected chi connectivity index (χ2v) is 4.14. The third kappa shape index (κ3) is 1.08. The van der Waals surface area contributed by atoms with Crippen LogP contribution in [-0.2, 0) is 4.79 Å². The van der Waals surface area contributed by atoms with E-state index in [1.165, 1.54) is 0 Å². The molecular formula is C11H8F2O3. The summed E-state index contributed by atoms with van der Waals surface area (Å²) in [6.07, 6.45) is 0. The number of carboxylic acid groups (broad SMARTS) is 1. The number of halogens is 2. The van der Waals surface area contributed by atoms with Crippen LogP contribution in [0.1, 0.15) is 11.5 Å². The van der Waals surface area contributed by atoms with E-state index in [4.69, 9.17) is 9.84 Å². The van der Waals surface area contributed by atoms with Crippen LogP contribution in [0.15, 0.2) is 12.1 Å². The first-order valence-corrected chi connectivity index (χ1v) is 4.94. The van der Waals surface area contributed by atoms with Crippen molar-refractivity contribution in [2.45, 2.75) is 5.92 Å². The Morgan fingerprint density at radius 1 is 1.38 bits per heavy atom. The SMILES string of the molecule is O=C(O)[C@@H]1[C@@H]2COc3c(F)ccc(F)c3[C@H]21. The fraction of sp³-hybridized carbons (Fsp3) is 0.364. The van der Waals surface area contributed by atoms with E-state index in [0.29, 0.717) is 0 Å². The monoisotopic (exact) mass is 226 g/mol. The predicted octanol–water partition coefficient (Wildman–Crippen LogP) is 1.77. The van der Waals surface area contributed by atoms with Gasteiger partial charge in [0.05, 0.1) is 12.5 Å². The Morgan fingerprint density at radius 3 is 2.75 bits per heavy atom. The van der Waals surface area contributed by atoms with Gasteiger partial charge in [-0.1, -0.05) is 0 Å². The van der Waals surface area contributed by atoms with Crippen molar-refractivity contribution < 1.29 is 23.4 Å². The minimum Gasteiger partial charge on any atom is -0.490 e. The van der Waals surface area contributed by atoms with Gasteiger partial charge < -0.3 is 9.84 Å². The summed E-state index contributed by atoms with van der Waals surface area (Å²) < 4.78 is 31.9. The summed E-state index contributed by atoms with van der Waals surface area (Å²) in [5.74, 6) is -3.61. The molecule has 84 valence electrons. The maximum absolute atomic E-state index is 13.5. The first-order chi connectivity index (χ1) is 7.61. The molecular weight excluding hydrogens is 218 g/mol. The molecule has 1 fully saturated rings. The van der Waals surface area contributed by atoms with Gasteiger partial charge >= 0.3 is 5.97 Å². The number of ether oxygens (including phenoxy) is 1. The number of rotatable bonds is 1. The predicted molar refractivity (Wildman–Crippen MR) is 49.2 cm³/mol. The zero-order valence-electron chi connectivity index (χ0n) is 8.11. The molecule has 3 nitrogen and oxygen atoms in total. The van der Waals surface area contributed by atoms with Crippen LogP contribution in [0.25, 0.3) is 0 Å². The van der Waals surface area contributed by atoms with E-state index in [1.807, 2.05) is 0 Å². The van der Waals surface area contributed by atoms with Crippen LogP contribution in [0.2, 0.25) is 0 Å². The van der Waals surface area contributed by atoms with E-state index in [2.05, 4.69) is 0 Å². The van der Waals surface area contributed by atoms with Crippen LogP contribution in [0.4, 0.5) is 8.78 Å². The Balaban J connectivity index is 2.10. The number of benzene rings is 1. The molecule has 1 heterocycles. The van der Waals surface area contributed by atoms with E-state index < -0.39 is 29.4 Å². The lowest BCUT2D eigenvalue weighted by Gasteiger charge is -2.17. The van der Waals surface area contributed by atoms with Gasteiger partial charge in [0.25, 0.3) is 0 Å². The maximum atomic E-state index is 13.5. The average Bonchev–Trinajstić information content (AvgIpc) is 2.97. The number of hydrogen-bond donors (Lipinski definition) is 1. The largest absolute Gasteiger partial charge is 0.490 e. The molecule has 1 saturated carbocycles. The third-order valence-corrected chi connectivity index (χ3v) is 3.30. The number of carboxylic acids is 1. The molecule has 0 unspecified atom stereocenters. The fourth-order valence-electron chi connectivity index (χ4n) is 2.50. The number of carbonyl (C=O) groups is 1. The highest BCUT2D eigenvalue weighted by Gasteiger charge is 2.60. The zero-order chi connectivity index (χ0) is 11.4. The molecule has 0 saturated heterocycles. The van der Waals surface area contributed by atoms with E-state index >= 15 is 0 Å². The third-order valence-electron chi connectivity index (χ3n) is 3.30. The molecule has 1 aliphatic heterocycles. The van der Waals surface area contributed by atoms with Crippen molar-refractivity contribution in [1.29, 1.82) is 0 Å². The summed E-state index contributed by atoms with van der Waals surface area (Å²) in [6, 6.07) is 2.00. The van der Waals surface area contributed by atoms with Crippen LogP contribution in [0.5, 0.6) is 5.75 Å². The van der Waals surface area contributed by atoms with Crippen LogP contribution in [0.3, 0.4) is 0 Å². The molecule has 5 heteroatoms. The molecule has 1 aromatic rings. The summed E-state index contributed by atoms with van der Waals surface area (Å²) in [6.45, 7) is 0.148. The first-order valence-electron chi connectivity index (χ1n) is 4.94. The Kier molecular flexibility index (Phi) is 1.75. The molecule has 2 aliphatic rings.